The molecule has 1 rings (SSSR count). The van der Waals surface area contributed by atoms with Gasteiger partial charge in [0.15, 0.2) is 5.15 Å². The Morgan fingerprint density at radius 3 is 2.72 bits per heavy atom. The van der Waals surface area contributed by atoms with Crippen LogP contribution in [-0.4, -0.2) is 23.0 Å². The SMILES string of the molecule is Cc1cnc(Cl)c(NC(=O)CCNC(C)(C)C)c1. The maximum absolute atomic E-state index is 11.7. The fourth-order valence-electron chi connectivity index (χ4n) is 1.40. The normalized spacial score (nSPS) is 11.4. The molecule has 0 radical (unpaired) electrons. The Hall–Kier alpha value is -1.13. The van der Waals surface area contributed by atoms with E-state index in [-0.39, 0.29) is 11.4 Å². The average molecular weight is 270 g/mol. The molecule has 0 unspecified atom stereocenters. The smallest absolute Gasteiger partial charge is 0.225 e. The Kier molecular flexibility index (Phi) is 5.11. The number of aryl methyl sites for hydroxylation is 1. The topological polar surface area (TPSA) is 54.0 Å². The van der Waals surface area contributed by atoms with Gasteiger partial charge in [0.2, 0.25) is 5.91 Å². The summed E-state index contributed by atoms with van der Waals surface area (Å²) in [6.45, 7) is 8.72. The predicted octanol–water partition coefficient (Wildman–Crippen LogP) is 2.76. The lowest BCUT2D eigenvalue weighted by atomic mass is 10.1. The fraction of sp³-hybridized carbons (Fsp3) is 0.538. The lowest BCUT2D eigenvalue weighted by molar-refractivity contribution is -0.116. The van der Waals surface area contributed by atoms with Gasteiger partial charge in [0.1, 0.15) is 0 Å². The van der Waals surface area contributed by atoms with Crippen LogP contribution < -0.4 is 10.6 Å². The van der Waals surface area contributed by atoms with E-state index in [4.69, 9.17) is 11.6 Å². The zero-order valence-corrected chi connectivity index (χ0v) is 12.1. The standard InChI is InChI=1S/C13H20ClN3O/c1-9-7-10(12(14)15-8-9)17-11(18)5-6-16-13(2,3)4/h7-8,16H,5-6H2,1-4H3,(H,17,18). The van der Waals surface area contributed by atoms with Gasteiger partial charge in [0.05, 0.1) is 5.69 Å². The minimum atomic E-state index is -0.0685. The predicted molar refractivity (Wildman–Crippen MR) is 75.0 cm³/mol. The van der Waals surface area contributed by atoms with E-state index in [0.29, 0.717) is 23.8 Å². The van der Waals surface area contributed by atoms with Gasteiger partial charge in [-0.1, -0.05) is 11.6 Å². The van der Waals surface area contributed by atoms with Crippen molar-refractivity contribution in [2.75, 3.05) is 11.9 Å². The number of carbonyl (C=O) groups is 1. The third-order valence-corrected chi connectivity index (χ3v) is 2.56. The van der Waals surface area contributed by atoms with Crippen molar-refractivity contribution in [3.05, 3.63) is 23.0 Å². The fourth-order valence-corrected chi connectivity index (χ4v) is 1.55. The van der Waals surface area contributed by atoms with Crippen molar-refractivity contribution in [3.63, 3.8) is 0 Å². The Labute approximate surface area is 113 Å². The van der Waals surface area contributed by atoms with Crippen LogP contribution >= 0.6 is 11.6 Å². The Balaban J connectivity index is 2.47. The Bertz CT molecular complexity index is 427. The molecule has 4 nitrogen and oxygen atoms in total. The van der Waals surface area contributed by atoms with Crippen molar-refractivity contribution in [3.8, 4) is 0 Å². The third-order valence-electron chi connectivity index (χ3n) is 2.26. The highest BCUT2D eigenvalue weighted by Gasteiger charge is 2.11. The van der Waals surface area contributed by atoms with E-state index in [0.717, 1.165) is 5.56 Å². The first-order valence-corrected chi connectivity index (χ1v) is 6.33. The third kappa shape index (κ3) is 5.47. The summed E-state index contributed by atoms with van der Waals surface area (Å²) in [4.78, 5) is 15.7. The lowest BCUT2D eigenvalue weighted by Crippen LogP contribution is -2.37. The molecule has 0 aliphatic heterocycles. The molecule has 1 heterocycles. The molecule has 0 bridgehead atoms. The molecule has 100 valence electrons. The first kappa shape index (κ1) is 14.9. The number of hydrogen-bond donors (Lipinski definition) is 2. The second kappa shape index (κ2) is 6.16. The van der Waals surface area contributed by atoms with Gasteiger partial charge in [0.25, 0.3) is 0 Å². The second-order valence-electron chi connectivity index (χ2n) is 5.33. The second-order valence-corrected chi connectivity index (χ2v) is 5.68. The molecule has 1 aromatic heterocycles. The van der Waals surface area contributed by atoms with Gasteiger partial charge >= 0.3 is 0 Å². The van der Waals surface area contributed by atoms with Crippen LogP contribution in [0.2, 0.25) is 5.15 Å². The van der Waals surface area contributed by atoms with Gasteiger partial charge in [-0.3, -0.25) is 4.79 Å². The van der Waals surface area contributed by atoms with Crippen molar-refractivity contribution >= 4 is 23.2 Å². The molecule has 0 spiro atoms. The molecule has 18 heavy (non-hydrogen) atoms. The number of aromatic nitrogens is 1. The van der Waals surface area contributed by atoms with E-state index in [9.17, 15) is 4.79 Å². The average Bonchev–Trinajstić information content (AvgIpc) is 2.21. The number of amides is 1. The number of pyridine rings is 1. The van der Waals surface area contributed by atoms with Crippen molar-refractivity contribution < 1.29 is 4.79 Å². The molecule has 2 N–H and O–H groups in total. The van der Waals surface area contributed by atoms with E-state index >= 15 is 0 Å². The van der Waals surface area contributed by atoms with E-state index < -0.39 is 0 Å². The van der Waals surface area contributed by atoms with Crippen LogP contribution in [0.3, 0.4) is 0 Å². The van der Waals surface area contributed by atoms with Crippen LogP contribution in [0.15, 0.2) is 12.3 Å². The number of nitrogens with one attached hydrogen (secondary N) is 2. The molecule has 0 aliphatic carbocycles. The maximum atomic E-state index is 11.7. The Morgan fingerprint density at radius 1 is 1.44 bits per heavy atom. The summed E-state index contributed by atoms with van der Waals surface area (Å²) in [5.41, 5.74) is 1.54. The quantitative estimate of drug-likeness (QED) is 0.827. The van der Waals surface area contributed by atoms with Gasteiger partial charge in [-0.05, 0) is 39.3 Å². The minimum Gasteiger partial charge on any atom is -0.323 e. The summed E-state index contributed by atoms with van der Waals surface area (Å²) >= 11 is 5.91. The summed E-state index contributed by atoms with van der Waals surface area (Å²) in [5.74, 6) is -0.0685. The van der Waals surface area contributed by atoms with Crippen molar-refractivity contribution in [2.45, 2.75) is 39.7 Å². The summed E-state index contributed by atoms with van der Waals surface area (Å²) in [7, 11) is 0. The largest absolute Gasteiger partial charge is 0.323 e. The van der Waals surface area contributed by atoms with Crippen molar-refractivity contribution in [1.29, 1.82) is 0 Å². The first-order valence-electron chi connectivity index (χ1n) is 5.95. The van der Waals surface area contributed by atoms with Gasteiger partial charge in [-0.15, -0.1) is 0 Å². The van der Waals surface area contributed by atoms with Crippen LogP contribution in [0, 0.1) is 6.92 Å². The Morgan fingerprint density at radius 2 is 2.11 bits per heavy atom. The molecule has 0 saturated heterocycles. The zero-order valence-electron chi connectivity index (χ0n) is 11.3. The lowest BCUT2D eigenvalue weighted by Gasteiger charge is -2.20. The summed E-state index contributed by atoms with van der Waals surface area (Å²) in [6.07, 6.45) is 2.07. The molecule has 1 aromatic rings. The molecular formula is C13H20ClN3O. The van der Waals surface area contributed by atoms with Crippen LogP contribution in [0.5, 0.6) is 0 Å². The monoisotopic (exact) mass is 269 g/mol. The summed E-state index contributed by atoms with van der Waals surface area (Å²) in [5, 5.41) is 6.34. The highest BCUT2D eigenvalue weighted by atomic mass is 35.5. The van der Waals surface area contributed by atoms with Gasteiger partial charge in [-0.25, -0.2) is 4.98 Å². The maximum Gasteiger partial charge on any atom is 0.225 e. The highest BCUT2D eigenvalue weighted by Crippen LogP contribution is 2.19. The summed E-state index contributed by atoms with van der Waals surface area (Å²) < 4.78 is 0. The zero-order chi connectivity index (χ0) is 13.8. The van der Waals surface area contributed by atoms with E-state index in [2.05, 4.69) is 36.4 Å². The van der Waals surface area contributed by atoms with E-state index in [1.165, 1.54) is 0 Å². The molecule has 0 aliphatic rings. The number of halogens is 1. The number of anilines is 1. The van der Waals surface area contributed by atoms with Crippen LogP contribution in [0.4, 0.5) is 5.69 Å². The van der Waals surface area contributed by atoms with Crippen LogP contribution in [0.1, 0.15) is 32.8 Å². The molecule has 0 atom stereocenters. The molecular weight excluding hydrogens is 250 g/mol. The van der Waals surface area contributed by atoms with Crippen molar-refractivity contribution in [2.24, 2.45) is 0 Å². The van der Waals surface area contributed by atoms with E-state index in [1.54, 1.807) is 6.20 Å². The highest BCUT2D eigenvalue weighted by molar-refractivity contribution is 6.32. The van der Waals surface area contributed by atoms with E-state index in [1.807, 2.05) is 13.0 Å². The van der Waals surface area contributed by atoms with Gasteiger partial charge < -0.3 is 10.6 Å². The minimum absolute atomic E-state index is 0.0167. The first-order chi connectivity index (χ1) is 8.28. The molecule has 5 heteroatoms. The summed E-state index contributed by atoms with van der Waals surface area (Å²) in [6, 6.07) is 1.81. The van der Waals surface area contributed by atoms with Crippen molar-refractivity contribution in [1.82, 2.24) is 10.3 Å². The number of carbonyl (C=O) groups excluding carboxylic acids is 1. The molecule has 0 fully saturated rings. The molecule has 1 amide bonds. The van der Waals surface area contributed by atoms with Gasteiger partial charge in [0, 0.05) is 24.7 Å². The van der Waals surface area contributed by atoms with Crippen LogP contribution in [0.25, 0.3) is 0 Å². The number of nitrogens with zero attached hydrogens (tertiary/aromatic N) is 1. The molecule has 0 aromatic carbocycles. The number of rotatable bonds is 4. The van der Waals surface area contributed by atoms with Crippen LogP contribution in [-0.2, 0) is 4.79 Å². The number of hydrogen-bond acceptors (Lipinski definition) is 3. The molecule has 0 saturated carbocycles. The van der Waals surface area contributed by atoms with Gasteiger partial charge in [-0.2, -0.15) is 0 Å².